The van der Waals surface area contributed by atoms with Crippen molar-refractivity contribution in [1.82, 2.24) is 9.13 Å². The van der Waals surface area contributed by atoms with Crippen LogP contribution in [0.3, 0.4) is 0 Å². The number of nitrogens with zero attached hydrogens (tertiary/aromatic N) is 3. The predicted molar refractivity (Wildman–Crippen MR) is 185 cm³/mol. The summed E-state index contributed by atoms with van der Waals surface area (Å²) < 4.78 is 4.96. The molecule has 2 aromatic heterocycles. The second kappa shape index (κ2) is 8.89. The molecule has 0 bridgehead atoms. The maximum absolute atomic E-state index is 2.50. The molecule has 3 nitrogen and oxygen atoms in total. The van der Waals surface area contributed by atoms with E-state index in [1.165, 1.54) is 66.6 Å². The van der Waals surface area contributed by atoms with Crippen molar-refractivity contribution in [3.05, 3.63) is 158 Å². The first kappa shape index (κ1) is 23.8. The van der Waals surface area contributed by atoms with Crippen molar-refractivity contribution in [3.8, 4) is 22.6 Å². The fourth-order valence-electron chi connectivity index (χ4n) is 7.91. The van der Waals surface area contributed by atoms with E-state index in [0.717, 1.165) is 11.4 Å². The van der Waals surface area contributed by atoms with E-state index in [0.29, 0.717) is 0 Å². The van der Waals surface area contributed by atoms with Crippen LogP contribution in [0.15, 0.2) is 158 Å². The molecule has 0 aliphatic carbocycles. The molecule has 10 rings (SSSR count). The molecule has 0 atom stereocenters. The lowest BCUT2D eigenvalue weighted by Crippen LogP contribution is -2.54. The largest absolute Gasteiger partial charge is 0.310 e. The zero-order valence-electron chi connectivity index (χ0n) is 23.9. The van der Waals surface area contributed by atoms with Gasteiger partial charge in [0.25, 0.3) is 6.71 Å². The van der Waals surface area contributed by atoms with E-state index in [1.807, 2.05) is 0 Å². The van der Waals surface area contributed by atoms with Gasteiger partial charge in [-0.1, -0.05) is 103 Å². The van der Waals surface area contributed by atoms with Crippen LogP contribution in [0, 0.1) is 0 Å². The maximum atomic E-state index is 2.50. The summed E-state index contributed by atoms with van der Waals surface area (Å²) in [5.41, 5.74) is 14.0. The van der Waals surface area contributed by atoms with Crippen molar-refractivity contribution in [3.63, 3.8) is 0 Å². The van der Waals surface area contributed by atoms with Crippen molar-refractivity contribution in [1.29, 1.82) is 0 Å². The minimum Gasteiger partial charge on any atom is -0.310 e. The molecular formula is C40H26BN3. The van der Waals surface area contributed by atoms with Crippen molar-refractivity contribution in [2.45, 2.75) is 0 Å². The zero-order chi connectivity index (χ0) is 28.8. The number of aromatic nitrogens is 2. The van der Waals surface area contributed by atoms with Crippen LogP contribution in [-0.2, 0) is 0 Å². The van der Waals surface area contributed by atoms with Gasteiger partial charge in [-0.3, -0.25) is 9.47 Å². The number of para-hydroxylation sites is 5. The van der Waals surface area contributed by atoms with Gasteiger partial charge in [0, 0.05) is 28.4 Å². The highest BCUT2D eigenvalue weighted by Crippen LogP contribution is 2.45. The normalized spacial score (nSPS) is 12.9. The first-order chi connectivity index (χ1) is 21.9. The molecule has 8 aromatic rings. The molecule has 0 fully saturated rings. The lowest BCUT2D eigenvalue weighted by atomic mass is 9.37. The Balaban J connectivity index is 1.42. The Morgan fingerprint density at radius 1 is 0.386 bits per heavy atom. The molecule has 4 heteroatoms. The first-order valence-electron chi connectivity index (χ1n) is 15.3. The molecule has 2 aliphatic rings. The quantitative estimate of drug-likeness (QED) is 0.201. The van der Waals surface area contributed by atoms with Crippen molar-refractivity contribution < 1.29 is 0 Å². The highest BCUT2D eigenvalue weighted by Gasteiger charge is 2.48. The van der Waals surface area contributed by atoms with Gasteiger partial charge in [-0.05, 0) is 87.3 Å². The van der Waals surface area contributed by atoms with E-state index in [2.05, 4.69) is 172 Å². The van der Waals surface area contributed by atoms with Gasteiger partial charge >= 0.3 is 0 Å². The van der Waals surface area contributed by atoms with E-state index in [1.54, 1.807) is 0 Å². The van der Waals surface area contributed by atoms with Crippen LogP contribution < -0.4 is 21.3 Å². The van der Waals surface area contributed by atoms with Crippen LogP contribution in [0.5, 0.6) is 0 Å². The van der Waals surface area contributed by atoms with E-state index in [4.69, 9.17) is 0 Å². The molecule has 6 aromatic carbocycles. The third-order valence-corrected chi connectivity index (χ3v) is 9.50. The average molecular weight is 559 g/mol. The summed E-state index contributed by atoms with van der Waals surface area (Å²) >= 11 is 0. The van der Waals surface area contributed by atoms with Crippen molar-refractivity contribution >= 4 is 62.1 Å². The average Bonchev–Trinajstić information content (AvgIpc) is 3.73. The third kappa shape index (κ3) is 3.02. The highest BCUT2D eigenvalue weighted by atomic mass is 15.3. The fraction of sp³-hybridized carbons (Fsp3) is 0. The molecule has 0 amide bonds. The van der Waals surface area contributed by atoms with Crippen LogP contribution >= 0.6 is 0 Å². The summed E-state index contributed by atoms with van der Waals surface area (Å²) in [6.07, 6.45) is 0. The lowest BCUT2D eigenvalue weighted by molar-refractivity contribution is 1.08. The van der Waals surface area contributed by atoms with E-state index < -0.39 is 0 Å². The molecule has 204 valence electrons. The minimum absolute atomic E-state index is 0.0934. The SMILES string of the molecule is c1ccc(N2c3cccc4c3B(c3c-4n(-c4ccccc4)c4ccccc34)c3c2n(-c2ccccc2)c2ccccc32)cc1. The van der Waals surface area contributed by atoms with Crippen LogP contribution in [0.4, 0.5) is 17.2 Å². The highest BCUT2D eigenvalue weighted by molar-refractivity contribution is 7.04. The van der Waals surface area contributed by atoms with Gasteiger partial charge in [0.15, 0.2) is 0 Å². The monoisotopic (exact) mass is 559 g/mol. The molecule has 0 saturated heterocycles. The van der Waals surface area contributed by atoms with E-state index in [-0.39, 0.29) is 6.71 Å². The van der Waals surface area contributed by atoms with Crippen LogP contribution in [-0.4, -0.2) is 15.8 Å². The molecule has 2 aliphatic heterocycles. The maximum Gasteiger partial charge on any atom is 0.254 e. The summed E-state index contributed by atoms with van der Waals surface area (Å²) in [5.74, 6) is 1.21. The fourth-order valence-corrected chi connectivity index (χ4v) is 7.91. The Kier molecular flexibility index (Phi) is 4.80. The molecule has 0 saturated carbocycles. The summed E-state index contributed by atoms with van der Waals surface area (Å²) in [4.78, 5) is 2.50. The number of anilines is 3. The minimum atomic E-state index is 0.0934. The Hall–Kier alpha value is -5.74. The Labute approximate surface area is 255 Å². The van der Waals surface area contributed by atoms with Gasteiger partial charge in [0.1, 0.15) is 5.82 Å². The summed E-state index contributed by atoms with van der Waals surface area (Å²) in [7, 11) is 0. The molecular weight excluding hydrogens is 533 g/mol. The Bertz CT molecular complexity index is 2390. The molecule has 0 N–H and O–H groups in total. The number of hydrogen-bond donors (Lipinski definition) is 0. The van der Waals surface area contributed by atoms with Gasteiger partial charge in [0.2, 0.25) is 0 Å². The van der Waals surface area contributed by atoms with E-state index >= 15 is 0 Å². The number of benzene rings is 6. The molecule has 0 radical (unpaired) electrons. The summed E-state index contributed by atoms with van der Waals surface area (Å²) in [6.45, 7) is 0.0934. The van der Waals surface area contributed by atoms with Gasteiger partial charge < -0.3 is 4.57 Å². The van der Waals surface area contributed by atoms with Gasteiger partial charge in [-0.2, -0.15) is 0 Å². The standard InChI is InChI=1S/C40H26BN3/c1-4-15-27(16-5-1)42-33-24-12-10-21-30(33)37-39(42)32-23-14-26-35-36(32)41(37)38-31-22-11-13-25-34(31)43(28-17-6-2-7-18-28)40(38)44(35)29-19-8-3-9-20-29/h1-26H. The van der Waals surface area contributed by atoms with Gasteiger partial charge in [0.05, 0.1) is 11.0 Å². The molecule has 0 unspecified atom stereocenters. The lowest BCUT2D eigenvalue weighted by Gasteiger charge is -2.35. The Morgan fingerprint density at radius 3 is 1.57 bits per heavy atom. The predicted octanol–water partition coefficient (Wildman–Crippen LogP) is 7.85. The van der Waals surface area contributed by atoms with Crippen molar-refractivity contribution in [2.24, 2.45) is 0 Å². The van der Waals surface area contributed by atoms with Crippen LogP contribution in [0.25, 0.3) is 44.4 Å². The van der Waals surface area contributed by atoms with Gasteiger partial charge in [-0.15, -0.1) is 0 Å². The number of rotatable bonds is 3. The van der Waals surface area contributed by atoms with Crippen LogP contribution in [0.2, 0.25) is 0 Å². The number of hydrogen-bond acceptors (Lipinski definition) is 1. The second-order valence-corrected chi connectivity index (χ2v) is 11.7. The Morgan fingerprint density at radius 2 is 0.909 bits per heavy atom. The first-order valence-corrected chi connectivity index (χ1v) is 15.3. The van der Waals surface area contributed by atoms with E-state index in [9.17, 15) is 0 Å². The summed E-state index contributed by atoms with van der Waals surface area (Å²) in [5, 5.41) is 2.61. The second-order valence-electron chi connectivity index (χ2n) is 11.7. The third-order valence-electron chi connectivity index (χ3n) is 9.50. The smallest absolute Gasteiger partial charge is 0.254 e. The molecule has 44 heavy (non-hydrogen) atoms. The summed E-state index contributed by atoms with van der Waals surface area (Å²) in [6, 6.07) is 57.3. The molecule has 0 spiro atoms. The number of fused-ring (bicyclic) bond motifs is 9. The van der Waals surface area contributed by atoms with Crippen LogP contribution in [0.1, 0.15) is 0 Å². The zero-order valence-corrected chi connectivity index (χ0v) is 23.9. The molecule has 4 heterocycles. The van der Waals surface area contributed by atoms with Crippen molar-refractivity contribution in [2.75, 3.05) is 4.90 Å². The van der Waals surface area contributed by atoms with Gasteiger partial charge in [-0.25, -0.2) is 0 Å². The topological polar surface area (TPSA) is 13.1 Å².